The van der Waals surface area contributed by atoms with Crippen LogP contribution in [-0.4, -0.2) is 24.7 Å². The Morgan fingerprint density at radius 2 is 1.72 bits per heavy atom. The molecule has 6 nitrogen and oxygen atoms in total. The Labute approximate surface area is 103 Å². The third-order valence-electron chi connectivity index (χ3n) is 2.47. The Hall–Kier alpha value is -2.76. The van der Waals surface area contributed by atoms with Gasteiger partial charge in [0.25, 0.3) is 0 Å². The molecule has 0 spiro atoms. The standard InChI is InChI=1S/C12H10N6/c13-10-3-1-9(2-4-10)12-16-8-18(17-12)11-5-14-7-15-6-11/h1-8H,13H2. The first kappa shape index (κ1) is 10.4. The van der Waals surface area contributed by atoms with Gasteiger partial charge in [-0.25, -0.2) is 19.6 Å². The van der Waals surface area contributed by atoms with Crippen LogP contribution in [0.2, 0.25) is 0 Å². The SMILES string of the molecule is Nc1ccc(-c2ncn(-c3cncnc3)n2)cc1. The normalized spacial score (nSPS) is 10.4. The molecule has 3 aromatic rings. The molecule has 2 heterocycles. The lowest BCUT2D eigenvalue weighted by molar-refractivity contribution is 0.865. The van der Waals surface area contributed by atoms with E-state index in [1.54, 1.807) is 23.4 Å². The summed E-state index contributed by atoms with van der Waals surface area (Å²) in [6.07, 6.45) is 6.45. The van der Waals surface area contributed by atoms with Crippen LogP contribution in [0.25, 0.3) is 17.1 Å². The fourth-order valence-electron chi connectivity index (χ4n) is 1.56. The van der Waals surface area contributed by atoms with Gasteiger partial charge in [-0.05, 0) is 24.3 Å². The molecule has 2 aromatic heterocycles. The second kappa shape index (κ2) is 4.25. The summed E-state index contributed by atoms with van der Waals surface area (Å²) in [5, 5.41) is 4.37. The topological polar surface area (TPSA) is 82.5 Å². The van der Waals surface area contributed by atoms with Crippen molar-refractivity contribution in [3.05, 3.63) is 49.3 Å². The minimum Gasteiger partial charge on any atom is -0.399 e. The Morgan fingerprint density at radius 1 is 1.00 bits per heavy atom. The molecular formula is C12H10N6. The minimum absolute atomic E-state index is 0.638. The highest BCUT2D eigenvalue weighted by Gasteiger charge is 2.05. The zero-order valence-electron chi connectivity index (χ0n) is 9.43. The molecule has 0 fully saturated rings. The monoisotopic (exact) mass is 238 g/mol. The van der Waals surface area contributed by atoms with E-state index in [0.29, 0.717) is 5.82 Å². The highest BCUT2D eigenvalue weighted by Crippen LogP contribution is 2.16. The molecule has 0 unspecified atom stereocenters. The lowest BCUT2D eigenvalue weighted by Gasteiger charge is -1.98. The van der Waals surface area contributed by atoms with E-state index in [2.05, 4.69) is 20.1 Å². The first-order valence-corrected chi connectivity index (χ1v) is 5.36. The molecule has 1 aromatic carbocycles. The van der Waals surface area contributed by atoms with Crippen molar-refractivity contribution in [3.63, 3.8) is 0 Å². The van der Waals surface area contributed by atoms with Crippen LogP contribution in [0.1, 0.15) is 0 Å². The first-order valence-electron chi connectivity index (χ1n) is 5.36. The molecule has 3 rings (SSSR count). The predicted octanol–water partition coefficient (Wildman–Crippen LogP) is 1.31. The fraction of sp³-hybridized carbons (Fsp3) is 0. The first-order chi connectivity index (χ1) is 8.83. The Morgan fingerprint density at radius 3 is 2.44 bits per heavy atom. The van der Waals surface area contributed by atoms with Crippen molar-refractivity contribution >= 4 is 5.69 Å². The summed E-state index contributed by atoms with van der Waals surface area (Å²) < 4.78 is 1.63. The van der Waals surface area contributed by atoms with Gasteiger partial charge in [-0.2, -0.15) is 0 Å². The number of aromatic nitrogens is 5. The molecule has 18 heavy (non-hydrogen) atoms. The Kier molecular flexibility index (Phi) is 2.45. The maximum absolute atomic E-state index is 5.64. The van der Waals surface area contributed by atoms with Crippen molar-refractivity contribution in [2.45, 2.75) is 0 Å². The van der Waals surface area contributed by atoms with E-state index in [0.717, 1.165) is 16.9 Å². The van der Waals surface area contributed by atoms with Crippen molar-refractivity contribution in [3.8, 4) is 17.1 Å². The molecule has 0 radical (unpaired) electrons. The number of nitrogens with zero attached hydrogens (tertiary/aromatic N) is 5. The van der Waals surface area contributed by atoms with Gasteiger partial charge in [0.05, 0.1) is 12.4 Å². The maximum atomic E-state index is 5.64. The van der Waals surface area contributed by atoms with Gasteiger partial charge in [0, 0.05) is 11.3 Å². The van der Waals surface area contributed by atoms with Crippen LogP contribution >= 0.6 is 0 Å². The maximum Gasteiger partial charge on any atom is 0.181 e. The predicted molar refractivity (Wildman–Crippen MR) is 66.8 cm³/mol. The zero-order chi connectivity index (χ0) is 12.4. The minimum atomic E-state index is 0.638. The number of anilines is 1. The molecule has 6 heteroatoms. The number of nitrogens with two attached hydrogens (primary N) is 1. The zero-order valence-corrected chi connectivity index (χ0v) is 9.43. The smallest absolute Gasteiger partial charge is 0.181 e. The molecule has 0 saturated carbocycles. The van der Waals surface area contributed by atoms with E-state index in [4.69, 9.17) is 5.73 Å². The highest BCUT2D eigenvalue weighted by atomic mass is 15.3. The molecule has 0 saturated heterocycles. The third kappa shape index (κ3) is 1.91. The highest BCUT2D eigenvalue weighted by molar-refractivity contribution is 5.58. The van der Waals surface area contributed by atoms with Gasteiger partial charge in [-0.1, -0.05) is 0 Å². The lowest BCUT2D eigenvalue weighted by Crippen LogP contribution is -1.96. The van der Waals surface area contributed by atoms with Crippen LogP contribution in [0.4, 0.5) is 5.69 Å². The van der Waals surface area contributed by atoms with Crippen LogP contribution in [0.5, 0.6) is 0 Å². The van der Waals surface area contributed by atoms with Gasteiger partial charge >= 0.3 is 0 Å². The molecule has 0 bridgehead atoms. The van der Waals surface area contributed by atoms with E-state index < -0.39 is 0 Å². The number of benzene rings is 1. The molecule has 0 amide bonds. The van der Waals surface area contributed by atoms with Gasteiger partial charge < -0.3 is 5.73 Å². The van der Waals surface area contributed by atoms with E-state index in [1.807, 2.05) is 24.3 Å². The third-order valence-corrected chi connectivity index (χ3v) is 2.47. The summed E-state index contributed by atoms with van der Waals surface area (Å²) in [5.74, 6) is 0.638. The molecule has 88 valence electrons. The van der Waals surface area contributed by atoms with Gasteiger partial charge in [-0.15, -0.1) is 5.10 Å². The molecule has 0 aliphatic carbocycles. The van der Waals surface area contributed by atoms with Crippen LogP contribution < -0.4 is 5.73 Å². The number of hydrogen-bond donors (Lipinski definition) is 1. The van der Waals surface area contributed by atoms with Crippen LogP contribution in [-0.2, 0) is 0 Å². The van der Waals surface area contributed by atoms with E-state index in [-0.39, 0.29) is 0 Å². The van der Waals surface area contributed by atoms with Crippen molar-refractivity contribution in [1.29, 1.82) is 0 Å². The second-order valence-electron chi connectivity index (χ2n) is 3.73. The number of rotatable bonds is 2. The van der Waals surface area contributed by atoms with E-state index in [1.165, 1.54) is 6.33 Å². The summed E-state index contributed by atoms with van der Waals surface area (Å²) in [7, 11) is 0. The largest absolute Gasteiger partial charge is 0.399 e. The van der Waals surface area contributed by atoms with Gasteiger partial charge in [0.15, 0.2) is 5.82 Å². The lowest BCUT2D eigenvalue weighted by atomic mass is 10.2. The van der Waals surface area contributed by atoms with Gasteiger partial charge in [0.1, 0.15) is 18.3 Å². The van der Waals surface area contributed by atoms with Crippen LogP contribution in [0.15, 0.2) is 49.3 Å². The summed E-state index contributed by atoms with van der Waals surface area (Å²) in [5.41, 5.74) is 8.04. The van der Waals surface area contributed by atoms with Gasteiger partial charge in [-0.3, -0.25) is 0 Å². The molecule has 0 aliphatic heterocycles. The Bertz CT molecular complexity index is 644. The fourth-order valence-corrected chi connectivity index (χ4v) is 1.56. The average molecular weight is 238 g/mol. The summed E-state index contributed by atoms with van der Waals surface area (Å²) in [4.78, 5) is 12.1. The van der Waals surface area contributed by atoms with Gasteiger partial charge in [0.2, 0.25) is 0 Å². The summed E-state index contributed by atoms with van der Waals surface area (Å²) in [6, 6.07) is 7.41. The average Bonchev–Trinajstić information content (AvgIpc) is 2.90. The molecule has 2 N–H and O–H groups in total. The van der Waals surface area contributed by atoms with Crippen molar-refractivity contribution in [2.75, 3.05) is 5.73 Å². The van der Waals surface area contributed by atoms with Crippen LogP contribution in [0.3, 0.4) is 0 Å². The summed E-state index contributed by atoms with van der Waals surface area (Å²) in [6.45, 7) is 0. The van der Waals surface area contributed by atoms with Crippen molar-refractivity contribution in [1.82, 2.24) is 24.7 Å². The Balaban J connectivity index is 1.97. The van der Waals surface area contributed by atoms with Crippen molar-refractivity contribution in [2.24, 2.45) is 0 Å². The van der Waals surface area contributed by atoms with E-state index in [9.17, 15) is 0 Å². The summed E-state index contributed by atoms with van der Waals surface area (Å²) >= 11 is 0. The van der Waals surface area contributed by atoms with Crippen LogP contribution in [0, 0.1) is 0 Å². The quantitative estimate of drug-likeness (QED) is 0.680. The number of nitrogen functional groups attached to an aromatic ring is 1. The van der Waals surface area contributed by atoms with Crippen molar-refractivity contribution < 1.29 is 0 Å². The second-order valence-corrected chi connectivity index (χ2v) is 3.73. The molecular weight excluding hydrogens is 228 g/mol. The van der Waals surface area contributed by atoms with E-state index >= 15 is 0 Å². The molecule has 0 atom stereocenters. The number of hydrogen-bond acceptors (Lipinski definition) is 5. The molecule has 0 aliphatic rings.